The second-order valence-corrected chi connectivity index (χ2v) is 6.99. The molecule has 34 heavy (non-hydrogen) atoms. The molecule has 0 radical (unpaired) electrons. The van der Waals surface area contributed by atoms with Gasteiger partial charge in [-0.3, -0.25) is 4.79 Å². The summed E-state index contributed by atoms with van der Waals surface area (Å²) >= 11 is 0. The summed E-state index contributed by atoms with van der Waals surface area (Å²) in [4.78, 5) is 32.7. The predicted molar refractivity (Wildman–Crippen MR) is 124 cm³/mol. The van der Waals surface area contributed by atoms with Crippen LogP contribution in [0.1, 0.15) is 20.7 Å². The number of pyridine rings is 2. The van der Waals surface area contributed by atoms with Crippen LogP contribution >= 0.6 is 0 Å². The van der Waals surface area contributed by atoms with Crippen molar-refractivity contribution in [1.29, 1.82) is 0 Å². The van der Waals surface area contributed by atoms with E-state index in [4.69, 9.17) is 14.2 Å². The van der Waals surface area contributed by atoms with Gasteiger partial charge >= 0.3 is 5.97 Å². The highest BCUT2D eigenvalue weighted by atomic mass is 16.5. The number of hydrogen-bond acceptors (Lipinski definition) is 7. The predicted octanol–water partition coefficient (Wildman–Crippen LogP) is 4.65. The first-order chi connectivity index (χ1) is 16.7. The molecule has 4 rings (SSSR count). The molecule has 0 saturated carbocycles. The molecule has 2 aromatic carbocycles. The van der Waals surface area contributed by atoms with Crippen LogP contribution in [0, 0.1) is 0 Å². The number of carbonyl (C=O) groups excluding carboxylic acids is 2. The zero-order valence-corrected chi connectivity index (χ0v) is 18.1. The Morgan fingerprint density at radius 2 is 1.21 bits per heavy atom. The highest BCUT2D eigenvalue weighted by Gasteiger charge is 2.10. The minimum atomic E-state index is -0.544. The van der Waals surface area contributed by atoms with E-state index in [2.05, 4.69) is 15.3 Å². The van der Waals surface area contributed by atoms with Crippen molar-refractivity contribution in [3.8, 4) is 23.3 Å². The van der Waals surface area contributed by atoms with E-state index >= 15 is 0 Å². The highest BCUT2D eigenvalue weighted by Crippen LogP contribution is 2.19. The number of benzene rings is 2. The summed E-state index contributed by atoms with van der Waals surface area (Å²) in [5, 5.41) is 2.68. The molecule has 170 valence electrons. The third-order valence-electron chi connectivity index (χ3n) is 4.52. The van der Waals surface area contributed by atoms with Crippen LogP contribution in [0.15, 0.2) is 97.3 Å². The molecule has 0 unspecified atom stereocenters. The summed E-state index contributed by atoms with van der Waals surface area (Å²) in [7, 11) is 0. The molecule has 2 heterocycles. The van der Waals surface area contributed by atoms with Crippen LogP contribution in [0.5, 0.6) is 23.3 Å². The van der Waals surface area contributed by atoms with E-state index < -0.39 is 5.97 Å². The molecule has 0 aliphatic rings. The van der Waals surface area contributed by atoms with Crippen molar-refractivity contribution in [2.24, 2.45) is 0 Å². The first-order valence-corrected chi connectivity index (χ1v) is 10.5. The number of carbonyl (C=O) groups is 2. The van der Waals surface area contributed by atoms with Crippen molar-refractivity contribution < 1.29 is 23.8 Å². The Morgan fingerprint density at radius 1 is 0.676 bits per heavy atom. The van der Waals surface area contributed by atoms with Gasteiger partial charge < -0.3 is 19.5 Å². The van der Waals surface area contributed by atoms with Gasteiger partial charge in [-0.15, -0.1) is 0 Å². The Labute approximate surface area is 196 Å². The number of nitrogens with zero attached hydrogens (tertiary/aromatic N) is 2. The summed E-state index contributed by atoms with van der Waals surface area (Å²) in [6.45, 7) is 0.158. The lowest BCUT2D eigenvalue weighted by Gasteiger charge is -2.08. The first-order valence-electron chi connectivity index (χ1n) is 10.5. The van der Waals surface area contributed by atoms with E-state index in [0.717, 1.165) is 0 Å². The van der Waals surface area contributed by atoms with E-state index in [1.54, 1.807) is 36.4 Å². The van der Waals surface area contributed by atoms with E-state index in [0.29, 0.717) is 28.8 Å². The summed E-state index contributed by atoms with van der Waals surface area (Å²) in [6, 6.07) is 24.8. The van der Waals surface area contributed by atoms with Crippen LogP contribution in [0.4, 0.5) is 0 Å². The molecule has 1 N–H and O–H groups in total. The fraction of sp³-hybridized carbons (Fsp3) is 0.0769. The van der Waals surface area contributed by atoms with Crippen LogP contribution in [0.2, 0.25) is 0 Å². The Morgan fingerprint density at radius 3 is 1.71 bits per heavy atom. The molecule has 1 amide bonds. The number of nitrogens with one attached hydrogen (secondary N) is 1. The molecule has 0 saturated heterocycles. The molecular formula is C26H21N3O5. The average molecular weight is 455 g/mol. The van der Waals surface area contributed by atoms with Gasteiger partial charge in [0, 0.05) is 24.5 Å². The second kappa shape index (κ2) is 11.2. The number of ether oxygens (including phenoxy) is 3. The smallest absolute Gasteiger partial charge is 0.339 e. The van der Waals surface area contributed by atoms with Gasteiger partial charge in [0.25, 0.3) is 5.91 Å². The molecule has 0 bridgehead atoms. The summed E-state index contributed by atoms with van der Waals surface area (Å²) in [5.74, 6) is 1.17. The van der Waals surface area contributed by atoms with Gasteiger partial charge in [0.15, 0.2) is 0 Å². The molecule has 8 nitrogen and oxygen atoms in total. The molecular weight excluding hydrogens is 434 g/mol. The topological polar surface area (TPSA) is 99.6 Å². The van der Waals surface area contributed by atoms with Gasteiger partial charge in [0.1, 0.15) is 18.1 Å². The Bertz CT molecular complexity index is 1120. The van der Waals surface area contributed by atoms with Gasteiger partial charge in [-0.2, -0.15) is 0 Å². The lowest BCUT2D eigenvalue weighted by molar-refractivity contribution is 0.0502. The fourth-order valence-corrected chi connectivity index (χ4v) is 2.85. The van der Waals surface area contributed by atoms with Gasteiger partial charge in [0.05, 0.1) is 17.7 Å². The van der Waals surface area contributed by atoms with Crippen LogP contribution in [0.3, 0.4) is 0 Å². The fourth-order valence-electron chi connectivity index (χ4n) is 2.85. The van der Waals surface area contributed by atoms with Crippen molar-refractivity contribution in [2.75, 3.05) is 13.2 Å². The summed E-state index contributed by atoms with van der Waals surface area (Å²) < 4.78 is 16.4. The molecule has 2 aromatic heterocycles. The molecule has 0 aliphatic heterocycles. The number of esters is 1. The maximum Gasteiger partial charge on any atom is 0.339 e. The number of para-hydroxylation sites is 2. The van der Waals surface area contributed by atoms with E-state index in [1.165, 1.54) is 12.4 Å². The van der Waals surface area contributed by atoms with Crippen molar-refractivity contribution in [3.63, 3.8) is 0 Å². The van der Waals surface area contributed by atoms with Crippen LogP contribution < -0.4 is 14.8 Å². The lowest BCUT2D eigenvalue weighted by Crippen LogP contribution is -2.28. The average Bonchev–Trinajstić information content (AvgIpc) is 2.88. The van der Waals surface area contributed by atoms with Crippen LogP contribution in [-0.2, 0) is 4.74 Å². The van der Waals surface area contributed by atoms with Crippen molar-refractivity contribution in [3.05, 3.63) is 108 Å². The highest BCUT2D eigenvalue weighted by molar-refractivity contribution is 5.94. The van der Waals surface area contributed by atoms with E-state index in [9.17, 15) is 9.59 Å². The lowest BCUT2D eigenvalue weighted by atomic mass is 10.2. The third kappa shape index (κ3) is 6.39. The van der Waals surface area contributed by atoms with Gasteiger partial charge in [-0.25, -0.2) is 14.8 Å². The number of hydrogen-bond donors (Lipinski definition) is 1. The Kier molecular flexibility index (Phi) is 7.43. The number of aromatic nitrogens is 2. The molecule has 0 spiro atoms. The van der Waals surface area contributed by atoms with E-state index in [1.807, 2.05) is 48.5 Å². The third-order valence-corrected chi connectivity index (χ3v) is 4.52. The van der Waals surface area contributed by atoms with Crippen LogP contribution in [-0.4, -0.2) is 35.0 Å². The zero-order chi connectivity index (χ0) is 23.6. The van der Waals surface area contributed by atoms with Crippen molar-refractivity contribution in [2.45, 2.75) is 0 Å². The van der Waals surface area contributed by atoms with Gasteiger partial charge in [-0.05, 0) is 36.4 Å². The molecule has 0 atom stereocenters. The molecule has 0 fully saturated rings. The Balaban J connectivity index is 1.19. The summed E-state index contributed by atoms with van der Waals surface area (Å²) in [6.07, 6.45) is 2.80. The summed E-state index contributed by atoms with van der Waals surface area (Å²) in [5.41, 5.74) is 0.648. The zero-order valence-electron chi connectivity index (χ0n) is 18.1. The SMILES string of the molecule is O=C(NCCOC(=O)c1ccc(Oc2ccccc2)nc1)c1ccc(Oc2ccccc2)nc1. The van der Waals surface area contributed by atoms with E-state index in [-0.39, 0.29) is 24.6 Å². The maximum absolute atomic E-state index is 12.3. The number of amides is 1. The molecule has 4 aromatic rings. The molecule has 8 heteroatoms. The van der Waals surface area contributed by atoms with Crippen LogP contribution in [0.25, 0.3) is 0 Å². The number of rotatable bonds is 9. The van der Waals surface area contributed by atoms with Gasteiger partial charge in [0.2, 0.25) is 11.8 Å². The minimum absolute atomic E-state index is 0.00940. The monoisotopic (exact) mass is 455 g/mol. The quantitative estimate of drug-likeness (QED) is 0.290. The van der Waals surface area contributed by atoms with Crippen molar-refractivity contribution in [1.82, 2.24) is 15.3 Å². The standard InChI is InChI=1S/C26H21N3O5/c30-25(19-11-13-23(28-17-19)33-21-7-3-1-4-8-21)27-15-16-32-26(31)20-12-14-24(29-18-20)34-22-9-5-2-6-10-22/h1-14,17-18H,15-16H2,(H,27,30). The minimum Gasteiger partial charge on any atom is -0.460 e. The van der Waals surface area contributed by atoms with Crippen molar-refractivity contribution >= 4 is 11.9 Å². The second-order valence-electron chi connectivity index (χ2n) is 6.99. The van der Waals surface area contributed by atoms with Gasteiger partial charge in [-0.1, -0.05) is 36.4 Å². The first kappa shape index (κ1) is 22.5. The maximum atomic E-state index is 12.3. The normalized spacial score (nSPS) is 10.2. The largest absolute Gasteiger partial charge is 0.460 e. The molecule has 0 aliphatic carbocycles. The Hall–Kier alpha value is -4.72.